The molecule has 0 fully saturated rings. The van der Waals surface area contributed by atoms with Crippen LogP contribution in [0.2, 0.25) is 5.02 Å². The molecule has 4 nitrogen and oxygen atoms in total. The first-order valence-electron chi connectivity index (χ1n) is 6.32. The molecular weight excluding hydrogens is 288 g/mol. The zero-order valence-electron chi connectivity index (χ0n) is 11.8. The van der Waals surface area contributed by atoms with Crippen LogP contribution in [-0.2, 0) is 6.54 Å². The second kappa shape index (κ2) is 6.87. The molecule has 0 aliphatic rings. The second-order valence-electron chi connectivity index (χ2n) is 4.34. The van der Waals surface area contributed by atoms with Crippen molar-refractivity contribution in [1.82, 2.24) is 0 Å². The topological polar surface area (TPSA) is 54.3 Å². The maximum Gasteiger partial charge on any atom is 0.142 e. The lowest BCUT2D eigenvalue weighted by Gasteiger charge is -2.13. The fourth-order valence-electron chi connectivity index (χ4n) is 2.00. The molecule has 0 heterocycles. The molecule has 0 aliphatic carbocycles. The van der Waals surface area contributed by atoms with Gasteiger partial charge in [0.15, 0.2) is 0 Å². The average molecular weight is 303 g/mol. The lowest BCUT2D eigenvalue weighted by molar-refractivity contribution is 0.409. The summed E-state index contributed by atoms with van der Waals surface area (Å²) in [5.74, 6) is 1.43. The minimum atomic E-state index is 0.495. The number of nitriles is 1. The Labute approximate surface area is 128 Å². The Morgan fingerprint density at radius 2 is 1.81 bits per heavy atom. The summed E-state index contributed by atoms with van der Waals surface area (Å²) >= 11 is 6.00. The number of rotatable bonds is 5. The van der Waals surface area contributed by atoms with Gasteiger partial charge in [0.2, 0.25) is 0 Å². The maximum absolute atomic E-state index is 8.98. The molecule has 0 saturated carbocycles. The number of methoxy groups -OCH3 is 2. The number of nitrogens with zero attached hydrogens (tertiary/aromatic N) is 1. The average Bonchev–Trinajstić information content (AvgIpc) is 2.52. The van der Waals surface area contributed by atoms with Gasteiger partial charge in [-0.25, -0.2) is 0 Å². The summed E-state index contributed by atoms with van der Waals surface area (Å²) < 4.78 is 10.6. The Morgan fingerprint density at radius 1 is 1.10 bits per heavy atom. The van der Waals surface area contributed by atoms with Crippen LogP contribution >= 0.6 is 11.6 Å². The van der Waals surface area contributed by atoms with Crippen LogP contribution in [0.3, 0.4) is 0 Å². The molecule has 108 valence electrons. The van der Waals surface area contributed by atoms with Crippen LogP contribution in [0.4, 0.5) is 5.69 Å². The van der Waals surface area contributed by atoms with Gasteiger partial charge in [-0.15, -0.1) is 0 Å². The molecule has 0 bridgehead atoms. The van der Waals surface area contributed by atoms with Gasteiger partial charge < -0.3 is 14.8 Å². The Balaban J connectivity index is 2.24. The minimum absolute atomic E-state index is 0.495. The number of hydrogen-bond acceptors (Lipinski definition) is 4. The molecule has 0 saturated heterocycles. The van der Waals surface area contributed by atoms with Gasteiger partial charge >= 0.3 is 0 Å². The summed E-state index contributed by atoms with van der Waals surface area (Å²) in [6.07, 6.45) is 0. The zero-order chi connectivity index (χ0) is 15.2. The van der Waals surface area contributed by atoms with Gasteiger partial charge in [0, 0.05) is 17.1 Å². The molecule has 0 spiro atoms. The number of hydrogen-bond donors (Lipinski definition) is 1. The third-order valence-corrected chi connectivity index (χ3v) is 3.28. The van der Waals surface area contributed by atoms with E-state index in [-0.39, 0.29) is 0 Å². The van der Waals surface area contributed by atoms with Crippen molar-refractivity contribution in [2.24, 2.45) is 0 Å². The molecule has 0 amide bonds. The van der Waals surface area contributed by atoms with E-state index in [2.05, 4.69) is 11.4 Å². The normalized spacial score (nSPS) is 9.81. The van der Waals surface area contributed by atoms with Gasteiger partial charge in [0.05, 0.1) is 31.5 Å². The van der Waals surface area contributed by atoms with Gasteiger partial charge in [-0.1, -0.05) is 11.6 Å². The molecular formula is C16H15ClN2O2. The number of benzene rings is 2. The van der Waals surface area contributed by atoms with Crippen LogP contribution < -0.4 is 14.8 Å². The van der Waals surface area contributed by atoms with Gasteiger partial charge in [-0.3, -0.25) is 0 Å². The van der Waals surface area contributed by atoms with Gasteiger partial charge in [-0.2, -0.15) is 5.26 Å². The van der Waals surface area contributed by atoms with Crippen molar-refractivity contribution >= 4 is 17.3 Å². The van der Waals surface area contributed by atoms with Crippen LogP contribution in [0.5, 0.6) is 11.5 Å². The van der Waals surface area contributed by atoms with Crippen molar-refractivity contribution in [3.05, 3.63) is 52.5 Å². The Bertz CT molecular complexity index is 680. The number of anilines is 1. The molecule has 0 atom stereocenters. The molecule has 5 heteroatoms. The van der Waals surface area contributed by atoms with E-state index in [0.29, 0.717) is 22.9 Å². The van der Waals surface area contributed by atoms with Crippen LogP contribution in [0, 0.1) is 11.3 Å². The smallest absolute Gasteiger partial charge is 0.142 e. The lowest BCUT2D eigenvalue weighted by atomic mass is 10.1. The molecule has 0 aromatic heterocycles. The predicted molar refractivity (Wildman–Crippen MR) is 83.0 cm³/mol. The van der Waals surface area contributed by atoms with E-state index >= 15 is 0 Å². The summed E-state index contributed by atoms with van der Waals surface area (Å²) in [4.78, 5) is 0. The van der Waals surface area contributed by atoms with Crippen molar-refractivity contribution in [2.75, 3.05) is 19.5 Å². The molecule has 21 heavy (non-hydrogen) atoms. The fraction of sp³-hybridized carbons (Fsp3) is 0.188. The fourth-order valence-corrected chi connectivity index (χ4v) is 2.17. The summed E-state index contributed by atoms with van der Waals surface area (Å²) in [6, 6.07) is 12.8. The van der Waals surface area contributed by atoms with E-state index in [1.165, 1.54) is 0 Å². The highest BCUT2D eigenvalue weighted by Crippen LogP contribution is 2.29. The Morgan fingerprint density at radius 3 is 2.48 bits per heavy atom. The molecule has 2 aromatic rings. The van der Waals surface area contributed by atoms with Gasteiger partial charge in [-0.05, 0) is 36.4 Å². The Kier molecular flexibility index (Phi) is 4.91. The van der Waals surface area contributed by atoms with Gasteiger partial charge in [0.1, 0.15) is 11.5 Å². The van der Waals surface area contributed by atoms with Crippen molar-refractivity contribution < 1.29 is 9.47 Å². The highest BCUT2D eigenvalue weighted by atomic mass is 35.5. The SMILES string of the molecule is COc1ccc(C#N)cc1CNc1cc(Cl)ccc1OC. The van der Waals surface area contributed by atoms with Crippen molar-refractivity contribution in [3.8, 4) is 17.6 Å². The molecule has 2 aromatic carbocycles. The molecule has 2 rings (SSSR count). The van der Waals surface area contributed by atoms with Crippen LogP contribution in [-0.4, -0.2) is 14.2 Å². The van der Waals surface area contributed by atoms with E-state index in [1.807, 2.05) is 0 Å². The summed E-state index contributed by atoms with van der Waals surface area (Å²) in [5.41, 5.74) is 2.26. The number of ether oxygens (including phenoxy) is 2. The Hall–Kier alpha value is -2.38. The molecule has 0 radical (unpaired) electrons. The van der Waals surface area contributed by atoms with E-state index in [9.17, 15) is 0 Å². The van der Waals surface area contributed by atoms with E-state index in [1.54, 1.807) is 50.6 Å². The van der Waals surface area contributed by atoms with Crippen molar-refractivity contribution in [3.63, 3.8) is 0 Å². The third kappa shape index (κ3) is 3.59. The summed E-state index contributed by atoms with van der Waals surface area (Å²) in [5, 5.41) is 12.9. The zero-order valence-corrected chi connectivity index (χ0v) is 12.6. The molecule has 1 N–H and O–H groups in total. The van der Waals surface area contributed by atoms with Crippen LogP contribution in [0.15, 0.2) is 36.4 Å². The third-order valence-electron chi connectivity index (χ3n) is 3.04. The lowest BCUT2D eigenvalue weighted by Crippen LogP contribution is -2.03. The standard InChI is InChI=1S/C16H15ClN2O2/c1-20-15-5-3-11(9-18)7-12(15)10-19-14-8-13(17)4-6-16(14)21-2/h3-8,19H,10H2,1-2H3. The number of halogens is 1. The summed E-state index contributed by atoms with van der Waals surface area (Å²) in [7, 11) is 3.20. The van der Waals surface area contributed by atoms with E-state index in [4.69, 9.17) is 26.3 Å². The highest BCUT2D eigenvalue weighted by molar-refractivity contribution is 6.30. The van der Waals surface area contributed by atoms with Crippen LogP contribution in [0.25, 0.3) is 0 Å². The van der Waals surface area contributed by atoms with Crippen molar-refractivity contribution in [1.29, 1.82) is 5.26 Å². The van der Waals surface area contributed by atoms with Crippen LogP contribution in [0.1, 0.15) is 11.1 Å². The van der Waals surface area contributed by atoms with Gasteiger partial charge in [0.25, 0.3) is 0 Å². The molecule has 0 aliphatic heterocycles. The first kappa shape index (κ1) is 15.0. The van der Waals surface area contributed by atoms with E-state index < -0.39 is 0 Å². The second-order valence-corrected chi connectivity index (χ2v) is 4.77. The maximum atomic E-state index is 8.98. The summed E-state index contributed by atoms with van der Waals surface area (Å²) in [6.45, 7) is 0.495. The number of nitrogens with one attached hydrogen (secondary N) is 1. The molecule has 0 unspecified atom stereocenters. The van der Waals surface area contributed by atoms with Crippen molar-refractivity contribution in [2.45, 2.75) is 6.54 Å². The predicted octanol–water partition coefficient (Wildman–Crippen LogP) is 3.84. The largest absolute Gasteiger partial charge is 0.496 e. The first-order chi connectivity index (χ1) is 10.2. The highest BCUT2D eigenvalue weighted by Gasteiger charge is 2.07. The monoisotopic (exact) mass is 302 g/mol. The minimum Gasteiger partial charge on any atom is -0.496 e. The quantitative estimate of drug-likeness (QED) is 0.911. The first-order valence-corrected chi connectivity index (χ1v) is 6.70. The van der Waals surface area contributed by atoms with E-state index in [0.717, 1.165) is 17.0 Å².